The molecule has 1 aromatic carbocycles. The Balaban J connectivity index is 2.04. The number of esters is 1. The summed E-state index contributed by atoms with van der Waals surface area (Å²) in [5, 5.41) is 4.13. The van der Waals surface area contributed by atoms with Crippen LogP contribution in [-0.4, -0.2) is 29.2 Å². The highest BCUT2D eigenvalue weighted by molar-refractivity contribution is 7.20. The Bertz CT molecular complexity index is 908. The second-order valence-corrected chi connectivity index (χ2v) is 6.23. The van der Waals surface area contributed by atoms with Crippen LogP contribution in [0.15, 0.2) is 30.6 Å². The molecule has 2 aromatic heterocycles. The zero-order valence-corrected chi connectivity index (χ0v) is 15.1. The molecule has 0 radical (unpaired) electrons. The van der Waals surface area contributed by atoms with Gasteiger partial charge in [-0.2, -0.15) is 0 Å². The lowest BCUT2D eigenvalue weighted by Crippen LogP contribution is -2.04. The van der Waals surface area contributed by atoms with Gasteiger partial charge in [0.2, 0.25) is 0 Å². The Hall–Kier alpha value is -2.67. The number of carbonyl (C=O) groups is 1. The third-order valence-electron chi connectivity index (χ3n) is 3.63. The van der Waals surface area contributed by atoms with E-state index in [0.717, 1.165) is 27.2 Å². The Kier molecular flexibility index (Phi) is 5.14. The summed E-state index contributed by atoms with van der Waals surface area (Å²) in [6.45, 7) is 6.52. The summed E-state index contributed by atoms with van der Waals surface area (Å²) in [6, 6.07) is 7.66. The quantitative estimate of drug-likeness (QED) is 0.662. The number of benzene rings is 1. The summed E-state index contributed by atoms with van der Waals surface area (Å²) in [6.07, 6.45) is 1.48. The van der Waals surface area contributed by atoms with Crippen molar-refractivity contribution >= 4 is 39.0 Å². The molecule has 2 heterocycles. The number of fused-ring (bicyclic) bond motifs is 1. The van der Waals surface area contributed by atoms with Crippen LogP contribution in [0.2, 0.25) is 0 Å². The minimum absolute atomic E-state index is 0.330. The number of aromatic nitrogens is 2. The van der Waals surface area contributed by atoms with Gasteiger partial charge in [0.25, 0.3) is 0 Å². The molecule has 0 aliphatic carbocycles. The Morgan fingerprint density at radius 2 is 2.00 bits per heavy atom. The van der Waals surface area contributed by atoms with Crippen LogP contribution in [-0.2, 0) is 4.74 Å². The van der Waals surface area contributed by atoms with E-state index >= 15 is 0 Å². The normalized spacial score (nSPS) is 10.7. The first-order valence-electron chi connectivity index (χ1n) is 8.05. The first-order valence-corrected chi connectivity index (χ1v) is 8.87. The van der Waals surface area contributed by atoms with Gasteiger partial charge in [0.05, 0.1) is 24.3 Å². The van der Waals surface area contributed by atoms with Crippen LogP contribution in [0.25, 0.3) is 10.2 Å². The van der Waals surface area contributed by atoms with Crippen LogP contribution in [0.5, 0.6) is 5.75 Å². The number of aryl methyl sites for hydroxylation is 1. The standard InChI is InChI=1S/C18H19N3O3S/c1-4-23-13-9-7-6-8-12(13)21-16-14-11(3)15(18(22)24-5-2)25-17(14)20-10-19-16/h6-10H,4-5H2,1-3H3,(H,19,20,21). The zero-order chi connectivity index (χ0) is 17.8. The molecule has 0 unspecified atom stereocenters. The first-order chi connectivity index (χ1) is 12.2. The van der Waals surface area contributed by atoms with Gasteiger partial charge < -0.3 is 14.8 Å². The third kappa shape index (κ3) is 3.41. The molecule has 7 heteroatoms. The van der Waals surface area contributed by atoms with E-state index in [9.17, 15) is 4.79 Å². The molecule has 3 aromatic rings. The molecule has 0 atom stereocenters. The average molecular weight is 357 g/mol. The van der Waals surface area contributed by atoms with E-state index in [0.29, 0.717) is 23.9 Å². The minimum atomic E-state index is -0.330. The van der Waals surface area contributed by atoms with Gasteiger partial charge in [-0.15, -0.1) is 11.3 Å². The van der Waals surface area contributed by atoms with E-state index in [1.165, 1.54) is 17.7 Å². The molecule has 0 bridgehead atoms. The Labute approximate surface area is 149 Å². The summed E-state index contributed by atoms with van der Waals surface area (Å²) in [7, 11) is 0. The summed E-state index contributed by atoms with van der Waals surface area (Å²) in [5.41, 5.74) is 1.63. The maximum absolute atomic E-state index is 12.1. The SMILES string of the molecule is CCOC(=O)c1sc2ncnc(Nc3ccccc3OCC)c2c1C. The van der Waals surface area contributed by atoms with Crippen LogP contribution in [0, 0.1) is 6.92 Å². The fourth-order valence-electron chi connectivity index (χ4n) is 2.54. The molecule has 0 aliphatic rings. The number of hydrogen-bond donors (Lipinski definition) is 1. The smallest absolute Gasteiger partial charge is 0.348 e. The van der Waals surface area contributed by atoms with Gasteiger partial charge in [0, 0.05) is 0 Å². The van der Waals surface area contributed by atoms with Crippen molar-refractivity contribution in [2.24, 2.45) is 0 Å². The van der Waals surface area contributed by atoms with Gasteiger partial charge in [-0.3, -0.25) is 0 Å². The molecular weight excluding hydrogens is 338 g/mol. The van der Waals surface area contributed by atoms with E-state index in [4.69, 9.17) is 9.47 Å². The van der Waals surface area contributed by atoms with Crippen molar-refractivity contribution in [3.63, 3.8) is 0 Å². The van der Waals surface area contributed by atoms with Crippen LogP contribution in [0.3, 0.4) is 0 Å². The monoisotopic (exact) mass is 357 g/mol. The predicted octanol–water partition coefficient (Wildman–Crippen LogP) is 4.32. The summed E-state index contributed by atoms with van der Waals surface area (Å²) >= 11 is 1.31. The summed E-state index contributed by atoms with van der Waals surface area (Å²) in [4.78, 5) is 22.1. The Morgan fingerprint density at radius 3 is 2.76 bits per heavy atom. The molecule has 1 N–H and O–H groups in total. The minimum Gasteiger partial charge on any atom is -0.492 e. The molecule has 0 saturated heterocycles. The molecule has 0 amide bonds. The largest absolute Gasteiger partial charge is 0.492 e. The topological polar surface area (TPSA) is 73.3 Å². The van der Waals surface area contributed by atoms with Gasteiger partial charge in [-0.05, 0) is 38.5 Å². The third-order valence-corrected chi connectivity index (χ3v) is 4.81. The molecular formula is C18H19N3O3S. The maximum atomic E-state index is 12.1. The Morgan fingerprint density at radius 1 is 1.20 bits per heavy atom. The van der Waals surface area contributed by atoms with Crippen molar-refractivity contribution in [2.75, 3.05) is 18.5 Å². The van der Waals surface area contributed by atoms with Crippen LogP contribution in [0.1, 0.15) is 29.1 Å². The molecule has 130 valence electrons. The summed E-state index contributed by atoms with van der Waals surface area (Å²) < 4.78 is 10.8. The molecule has 3 rings (SSSR count). The average Bonchev–Trinajstić information content (AvgIpc) is 2.95. The van der Waals surface area contributed by atoms with E-state index in [-0.39, 0.29) is 5.97 Å². The molecule has 0 aliphatic heterocycles. The van der Waals surface area contributed by atoms with Gasteiger partial charge >= 0.3 is 5.97 Å². The molecule has 6 nitrogen and oxygen atoms in total. The van der Waals surface area contributed by atoms with Crippen molar-refractivity contribution in [1.29, 1.82) is 0 Å². The number of nitrogens with one attached hydrogen (secondary N) is 1. The highest BCUT2D eigenvalue weighted by Crippen LogP contribution is 2.36. The van der Waals surface area contributed by atoms with Crippen molar-refractivity contribution < 1.29 is 14.3 Å². The number of nitrogens with zero attached hydrogens (tertiary/aromatic N) is 2. The number of rotatable bonds is 6. The highest BCUT2D eigenvalue weighted by atomic mass is 32.1. The number of thiophene rings is 1. The van der Waals surface area contributed by atoms with E-state index in [1.807, 2.05) is 38.1 Å². The van der Waals surface area contributed by atoms with Crippen molar-refractivity contribution in [3.05, 3.63) is 41.0 Å². The lowest BCUT2D eigenvalue weighted by atomic mass is 10.2. The molecule has 0 spiro atoms. The second-order valence-electron chi connectivity index (χ2n) is 5.23. The predicted molar refractivity (Wildman–Crippen MR) is 99.0 cm³/mol. The molecule has 0 fully saturated rings. The first kappa shape index (κ1) is 17.2. The molecule has 0 saturated carbocycles. The maximum Gasteiger partial charge on any atom is 0.348 e. The van der Waals surface area contributed by atoms with Crippen molar-refractivity contribution in [2.45, 2.75) is 20.8 Å². The number of hydrogen-bond acceptors (Lipinski definition) is 7. The zero-order valence-electron chi connectivity index (χ0n) is 14.3. The van der Waals surface area contributed by atoms with Gasteiger partial charge in [-0.1, -0.05) is 12.1 Å². The van der Waals surface area contributed by atoms with E-state index in [1.54, 1.807) is 6.92 Å². The van der Waals surface area contributed by atoms with Gasteiger partial charge in [0.1, 0.15) is 27.6 Å². The lowest BCUT2D eigenvalue weighted by Gasteiger charge is -2.12. The number of anilines is 2. The van der Waals surface area contributed by atoms with E-state index in [2.05, 4.69) is 15.3 Å². The number of carbonyl (C=O) groups excluding carboxylic acids is 1. The van der Waals surface area contributed by atoms with Gasteiger partial charge in [-0.25, -0.2) is 14.8 Å². The van der Waals surface area contributed by atoms with Crippen LogP contribution < -0.4 is 10.1 Å². The fourth-order valence-corrected chi connectivity index (χ4v) is 3.58. The molecule has 25 heavy (non-hydrogen) atoms. The second kappa shape index (κ2) is 7.48. The van der Waals surface area contributed by atoms with Gasteiger partial charge in [0.15, 0.2) is 0 Å². The van der Waals surface area contributed by atoms with Crippen molar-refractivity contribution in [1.82, 2.24) is 9.97 Å². The highest BCUT2D eigenvalue weighted by Gasteiger charge is 2.20. The van der Waals surface area contributed by atoms with Crippen LogP contribution >= 0.6 is 11.3 Å². The summed E-state index contributed by atoms with van der Waals surface area (Å²) in [5.74, 6) is 1.06. The van der Waals surface area contributed by atoms with Crippen LogP contribution in [0.4, 0.5) is 11.5 Å². The van der Waals surface area contributed by atoms with Crippen molar-refractivity contribution in [3.8, 4) is 5.75 Å². The lowest BCUT2D eigenvalue weighted by molar-refractivity contribution is 0.0531. The fraction of sp³-hybridized carbons (Fsp3) is 0.278. The number of para-hydroxylation sites is 2. The number of ether oxygens (including phenoxy) is 2. The van der Waals surface area contributed by atoms with E-state index < -0.39 is 0 Å².